The molecule has 1 aliphatic rings. The van der Waals surface area contributed by atoms with E-state index >= 15 is 0 Å². The quantitative estimate of drug-likeness (QED) is 0.765. The Kier molecular flexibility index (Phi) is 4.98. The smallest absolute Gasteiger partial charge is 0.122 e. The second-order valence-corrected chi connectivity index (χ2v) is 6.06. The zero-order chi connectivity index (χ0) is 16.2. The lowest BCUT2D eigenvalue weighted by molar-refractivity contribution is 0.267. The Labute approximate surface area is 137 Å². The molecule has 23 heavy (non-hydrogen) atoms. The number of aromatic nitrogens is 2. The number of aliphatic hydroxyl groups is 1. The van der Waals surface area contributed by atoms with Crippen LogP contribution in [0.5, 0.6) is 5.75 Å². The molecule has 0 unspecified atom stereocenters. The first kappa shape index (κ1) is 16.0. The molecule has 5 nitrogen and oxygen atoms in total. The molecular formula is C18H25N3O2. The van der Waals surface area contributed by atoms with E-state index in [1.54, 1.807) is 0 Å². The third-order valence-electron chi connectivity index (χ3n) is 4.49. The highest BCUT2D eigenvalue weighted by molar-refractivity contribution is 5.39. The second kappa shape index (κ2) is 7.15. The maximum atomic E-state index is 9.07. The number of nitrogens with zero attached hydrogens (tertiary/aromatic N) is 2. The Bertz CT molecular complexity index is 679. The van der Waals surface area contributed by atoms with Gasteiger partial charge in [-0.15, -0.1) is 0 Å². The van der Waals surface area contributed by atoms with Gasteiger partial charge in [0.05, 0.1) is 25.5 Å². The van der Waals surface area contributed by atoms with Crippen molar-refractivity contribution in [2.75, 3.05) is 19.8 Å². The van der Waals surface area contributed by atoms with Crippen LogP contribution in [0.1, 0.15) is 28.1 Å². The van der Waals surface area contributed by atoms with Crippen LogP contribution in [-0.4, -0.2) is 34.6 Å². The molecule has 1 aliphatic heterocycles. The number of ether oxygens (including phenoxy) is 1. The lowest BCUT2D eigenvalue weighted by atomic mass is 10.1. The molecule has 1 aromatic carbocycles. The van der Waals surface area contributed by atoms with Crippen LogP contribution in [-0.2, 0) is 25.9 Å². The van der Waals surface area contributed by atoms with Crippen molar-refractivity contribution < 1.29 is 9.84 Å². The summed E-state index contributed by atoms with van der Waals surface area (Å²) in [5, 5.41) is 17.1. The van der Waals surface area contributed by atoms with Crippen LogP contribution >= 0.6 is 0 Å². The van der Waals surface area contributed by atoms with Gasteiger partial charge in [-0.05, 0) is 44.0 Å². The van der Waals surface area contributed by atoms with Crippen LogP contribution in [0.25, 0.3) is 0 Å². The first-order valence-electron chi connectivity index (χ1n) is 8.28. The third kappa shape index (κ3) is 3.57. The molecule has 2 heterocycles. The van der Waals surface area contributed by atoms with E-state index in [1.165, 1.54) is 16.7 Å². The van der Waals surface area contributed by atoms with Crippen molar-refractivity contribution in [2.45, 2.75) is 39.8 Å². The van der Waals surface area contributed by atoms with Crippen LogP contribution in [0.2, 0.25) is 0 Å². The molecule has 0 spiro atoms. The van der Waals surface area contributed by atoms with Crippen LogP contribution < -0.4 is 10.1 Å². The summed E-state index contributed by atoms with van der Waals surface area (Å²) in [6, 6.07) is 6.51. The van der Waals surface area contributed by atoms with Crippen molar-refractivity contribution in [2.24, 2.45) is 0 Å². The van der Waals surface area contributed by atoms with Crippen molar-refractivity contribution >= 4 is 0 Å². The fourth-order valence-corrected chi connectivity index (χ4v) is 3.14. The number of hydrogen-bond acceptors (Lipinski definition) is 4. The Morgan fingerprint density at radius 3 is 3.04 bits per heavy atom. The van der Waals surface area contributed by atoms with Gasteiger partial charge in [0.2, 0.25) is 0 Å². The fourth-order valence-electron chi connectivity index (χ4n) is 3.14. The number of aliphatic hydroxyl groups excluding tert-OH is 1. The van der Waals surface area contributed by atoms with Gasteiger partial charge in [0, 0.05) is 24.2 Å². The summed E-state index contributed by atoms with van der Waals surface area (Å²) in [6.07, 6.45) is 2.04. The Morgan fingerprint density at radius 2 is 2.22 bits per heavy atom. The SMILES string of the molecule is Cc1nn(CCO)c(C)c1CNCCc1ccc2c(c1)CCO2. The molecule has 0 radical (unpaired) electrons. The maximum Gasteiger partial charge on any atom is 0.122 e. The monoisotopic (exact) mass is 315 g/mol. The summed E-state index contributed by atoms with van der Waals surface area (Å²) >= 11 is 0. The summed E-state index contributed by atoms with van der Waals surface area (Å²) in [4.78, 5) is 0. The van der Waals surface area contributed by atoms with Gasteiger partial charge >= 0.3 is 0 Å². The number of hydrogen-bond donors (Lipinski definition) is 2. The molecule has 0 atom stereocenters. The largest absolute Gasteiger partial charge is 0.493 e. The molecule has 124 valence electrons. The summed E-state index contributed by atoms with van der Waals surface area (Å²) in [5.41, 5.74) is 6.10. The minimum Gasteiger partial charge on any atom is -0.493 e. The van der Waals surface area contributed by atoms with E-state index in [0.29, 0.717) is 6.54 Å². The molecule has 1 aromatic heterocycles. The van der Waals surface area contributed by atoms with Crippen LogP contribution in [0.4, 0.5) is 0 Å². The van der Waals surface area contributed by atoms with Crippen molar-refractivity contribution in [1.82, 2.24) is 15.1 Å². The average Bonchev–Trinajstić information content (AvgIpc) is 3.10. The highest BCUT2D eigenvalue weighted by Crippen LogP contribution is 2.25. The Balaban J connectivity index is 1.52. The summed E-state index contributed by atoms with van der Waals surface area (Å²) in [7, 11) is 0. The van der Waals surface area contributed by atoms with Crippen molar-refractivity contribution in [3.8, 4) is 5.75 Å². The lowest BCUT2D eigenvalue weighted by Gasteiger charge is -2.07. The van der Waals surface area contributed by atoms with Crippen molar-refractivity contribution in [3.05, 3.63) is 46.3 Å². The number of benzene rings is 1. The van der Waals surface area contributed by atoms with Gasteiger partial charge in [0.1, 0.15) is 5.75 Å². The molecular weight excluding hydrogens is 290 g/mol. The van der Waals surface area contributed by atoms with Gasteiger partial charge in [-0.3, -0.25) is 4.68 Å². The second-order valence-electron chi connectivity index (χ2n) is 6.06. The first-order valence-corrected chi connectivity index (χ1v) is 8.28. The zero-order valence-electron chi connectivity index (χ0n) is 13.9. The molecule has 2 N–H and O–H groups in total. The molecule has 5 heteroatoms. The predicted molar refractivity (Wildman–Crippen MR) is 89.8 cm³/mol. The predicted octanol–water partition coefficient (Wildman–Crippen LogP) is 1.76. The molecule has 0 bridgehead atoms. The van der Waals surface area contributed by atoms with E-state index in [4.69, 9.17) is 9.84 Å². The molecule has 0 saturated carbocycles. The third-order valence-corrected chi connectivity index (χ3v) is 4.49. The van der Waals surface area contributed by atoms with Gasteiger partial charge < -0.3 is 15.2 Å². The van der Waals surface area contributed by atoms with Gasteiger partial charge in [-0.1, -0.05) is 12.1 Å². The topological polar surface area (TPSA) is 59.3 Å². The summed E-state index contributed by atoms with van der Waals surface area (Å²) < 4.78 is 7.42. The minimum atomic E-state index is 0.122. The summed E-state index contributed by atoms with van der Waals surface area (Å²) in [5.74, 6) is 1.05. The van der Waals surface area contributed by atoms with Gasteiger partial charge in [-0.2, -0.15) is 5.10 Å². The Morgan fingerprint density at radius 1 is 1.35 bits per heavy atom. The van der Waals surface area contributed by atoms with Gasteiger partial charge in [0.25, 0.3) is 0 Å². The molecule has 3 rings (SSSR count). The average molecular weight is 315 g/mol. The van der Waals surface area contributed by atoms with E-state index in [9.17, 15) is 0 Å². The number of aryl methyl sites for hydroxylation is 1. The zero-order valence-corrected chi connectivity index (χ0v) is 13.9. The highest BCUT2D eigenvalue weighted by Gasteiger charge is 2.12. The van der Waals surface area contributed by atoms with Gasteiger partial charge in [0.15, 0.2) is 0 Å². The van der Waals surface area contributed by atoms with Crippen LogP contribution in [0.15, 0.2) is 18.2 Å². The normalized spacial score (nSPS) is 13.2. The van der Waals surface area contributed by atoms with E-state index in [0.717, 1.165) is 49.7 Å². The molecule has 0 saturated heterocycles. The molecule has 0 amide bonds. The molecule has 0 fully saturated rings. The van der Waals surface area contributed by atoms with Gasteiger partial charge in [-0.25, -0.2) is 0 Å². The van der Waals surface area contributed by atoms with E-state index in [1.807, 2.05) is 11.6 Å². The standard InChI is InChI=1S/C18H25N3O2/c1-13-17(14(2)21(20-13)8-9-22)12-19-7-5-15-3-4-18-16(11-15)6-10-23-18/h3-4,11,19,22H,5-10,12H2,1-2H3. The van der Waals surface area contributed by atoms with Crippen LogP contribution in [0.3, 0.4) is 0 Å². The van der Waals surface area contributed by atoms with Crippen molar-refractivity contribution in [3.63, 3.8) is 0 Å². The number of rotatable bonds is 7. The van der Waals surface area contributed by atoms with Crippen molar-refractivity contribution in [1.29, 1.82) is 0 Å². The lowest BCUT2D eigenvalue weighted by Crippen LogP contribution is -2.17. The van der Waals surface area contributed by atoms with E-state index < -0.39 is 0 Å². The Hall–Kier alpha value is -1.85. The molecule has 0 aliphatic carbocycles. The molecule has 2 aromatic rings. The number of nitrogens with one attached hydrogen (secondary N) is 1. The minimum absolute atomic E-state index is 0.122. The maximum absolute atomic E-state index is 9.07. The number of fused-ring (bicyclic) bond motifs is 1. The summed E-state index contributed by atoms with van der Waals surface area (Å²) in [6.45, 7) is 7.33. The fraction of sp³-hybridized carbons (Fsp3) is 0.500. The van der Waals surface area contributed by atoms with Crippen LogP contribution in [0, 0.1) is 13.8 Å². The van der Waals surface area contributed by atoms with E-state index in [-0.39, 0.29) is 6.61 Å². The highest BCUT2D eigenvalue weighted by atomic mass is 16.5. The first-order chi connectivity index (χ1) is 11.2. The van der Waals surface area contributed by atoms with E-state index in [2.05, 4.69) is 35.5 Å².